The quantitative estimate of drug-likeness (QED) is 0.910. The van der Waals surface area contributed by atoms with Crippen LogP contribution in [0, 0.1) is 13.8 Å². The van der Waals surface area contributed by atoms with Gasteiger partial charge in [0.25, 0.3) is 0 Å². The summed E-state index contributed by atoms with van der Waals surface area (Å²) >= 11 is 0. The molecule has 1 amide bonds. The van der Waals surface area contributed by atoms with Gasteiger partial charge in [0, 0.05) is 17.7 Å². The smallest absolute Gasteiger partial charge is 0.239 e. The average Bonchev–Trinajstić information content (AvgIpc) is 2.55. The van der Waals surface area contributed by atoms with E-state index in [9.17, 15) is 4.79 Å². The lowest BCUT2D eigenvalue weighted by Gasteiger charge is -2.26. The van der Waals surface area contributed by atoms with Crippen molar-refractivity contribution in [1.29, 1.82) is 0 Å². The zero-order valence-corrected chi connectivity index (χ0v) is 13.6. The van der Waals surface area contributed by atoms with Crippen molar-refractivity contribution in [2.45, 2.75) is 26.3 Å². The zero-order chi connectivity index (χ0) is 16.2. The first-order chi connectivity index (χ1) is 11.1. The standard InChI is InChI=1S/C19H22N2O2/c1-13-6-5-7-14(2)19(13)20-12-18(22)21-16-10-11-23-17-9-4-3-8-15(16)17/h3-9,16,20H,10-12H2,1-2H3,(H,21,22). The van der Waals surface area contributed by atoms with Crippen molar-refractivity contribution in [1.82, 2.24) is 5.32 Å². The van der Waals surface area contributed by atoms with Crippen LogP contribution in [0.25, 0.3) is 0 Å². The van der Waals surface area contributed by atoms with Crippen LogP contribution in [0.15, 0.2) is 42.5 Å². The molecule has 23 heavy (non-hydrogen) atoms. The molecule has 2 aromatic carbocycles. The van der Waals surface area contributed by atoms with Crippen LogP contribution >= 0.6 is 0 Å². The Morgan fingerprint density at radius 1 is 1.13 bits per heavy atom. The lowest BCUT2D eigenvalue weighted by Crippen LogP contribution is -2.35. The Bertz CT molecular complexity index is 692. The van der Waals surface area contributed by atoms with E-state index in [1.807, 2.05) is 56.3 Å². The van der Waals surface area contributed by atoms with Gasteiger partial charge in [-0.2, -0.15) is 0 Å². The van der Waals surface area contributed by atoms with E-state index in [1.165, 1.54) is 0 Å². The summed E-state index contributed by atoms with van der Waals surface area (Å²) in [7, 11) is 0. The molecule has 1 heterocycles. The third-order valence-corrected chi connectivity index (χ3v) is 4.20. The van der Waals surface area contributed by atoms with Gasteiger partial charge in [-0.15, -0.1) is 0 Å². The van der Waals surface area contributed by atoms with Crippen molar-refractivity contribution in [3.63, 3.8) is 0 Å². The second-order valence-electron chi connectivity index (χ2n) is 5.92. The number of ether oxygens (including phenoxy) is 1. The van der Waals surface area contributed by atoms with Crippen molar-refractivity contribution in [3.8, 4) is 5.75 Å². The Labute approximate surface area is 136 Å². The predicted octanol–water partition coefficient (Wildman–Crippen LogP) is 3.36. The fourth-order valence-electron chi connectivity index (χ4n) is 3.00. The highest BCUT2D eigenvalue weighted by Crippen LogP contribution is 2.31. The van der Waals surface area contributed by atoms with Crippen molar-refractivity contribution >= 4 is 11.6 Å². The fourth-order valence-corrected chi connectivity index (χ4v) is 3.00. The van der Waals surface area contributed by atoms with Crippen molar-refractivity contribution in [2.75, 3.05) is 18.5 Å². The highest BCUT2D eigenvalue weighted by Gasteiger charge is 2.22. The number of benzene rings is 2. The van der Waals surface area contributed by atoms with Gasteiger partial charge in [0.05, 0.1) is 19.2 Å². The third-order valence-electron chi connectivity index (χ3n) is 4.20. The SMILES string of the molecule is Cc1cccc(C)c1NCC(=O)NC1CCOc2ccccc21. The lowest BCUT2D eigenvalue weighted by atomic mass is 10.0. The monoisotopic (exact) mass is 310 g/mol. The lowest BCUT2D eigenvalue weighted by molar-refractivity contribution is -0.120. The first-order valence-electron chi connectivity index (χ1n) is 7.96. The predicted molar refractivity (Wildman–Crippen MR) is 91.8 cm³/mol. The molecule has 1 aliphatic heterocycles. The number of para-hydroxylation sites is 2. The van der Waals surface area contributed by atoms with Gasteiger partial charge in [-0.25, -0.2) is 0 Å². The summed E-state index contributed by atoms with van der Waals surface area (Å²) in [6, 6.07) is 14.0. The van der Waals surface area contributed by atoms with Crippen molar-refractivity contribution in [2.24, 2.45) is 0 Å². The Morgan fingerprint density at radius 2 is 1.87 bits per heavy atom. The van der Waals surface area contributed by atoms with E-state index in [4.69, 9.17) is 4.74 Å². The topological polar surface area (TPSA) is 50.4 Å². The van der Waals surface area contributed by atoms with E-state index < -0.39 is 0 Å². The molecule has 4 nitrogen and oxygen atoms in total. The summed E-state index contributed by atoms with van der Waals surface area (Å²) < 4.78 is 5.63. The van der Waals surface area contributed by atoms with Crippen LogP contribution in [0.4, 0.5) is 5.69 Å². The molecule has 0 bridgehead atoms. The number of carbonyl (C=O) groups is 1. The maximum atomic E-state index is 12.3. The van der Waals surface area contributed by atoms with Crippen LogP contribution in [0.3, 0.4) is 0 Å². The van der Waals surface area contributed by atoms with Gasteiger partial charge in [0.15, 0.2) is 0 Å². The summed E-state index contributed by atoms with van der Waals surface area (Å²) in [6.45, 7) is 4.99. The van der Waals surface area contributed by atoms with Crippen LogP contribution in [0.5, 0.6) is 5.75 Å². The molecule has 120 valence electrons. The maximum absolute atomic E-state index is 12.3. The van der Waals surface area contributed by atoms with E-state index in [0.29, 0.717) is 6.61 Å². The van der Waals surface area contributed by atoms with Crippen LogP contribution in [0.1, 0.15) is 29.2 Å². The van der Waals surface area contributed by atoms with Crippen LogP contribution < -0.4 is 15.4 Å². The molecule has 2 N–H and O–H groups in total. The largest absolute Gasteiger partial charge is 0.493 e. The highest BCUT2D eigenvalue weighted by atomic mass is 16.5. The minimum Gasteiger partial charge on any atom is -0.493 e. The Hall–Kier alpha value is -2.49. The average molecular weight is 310 g/mol. The number of amides is 1. The number of fused-ring (bicyclic) bond motifs is 1. The van der Waals surface area contributed by atoms with E-state index in [1.54, 1.807) is 0 Å². The molecular formula is C19H22N2O2. The third kappa shape index (κ3) is 3.47. The van der Waals surface area contributed by atoms with Crippen LogP contribution in [-0.4, -0.2) is 19.1 Å². The van der Waals surface area contributed by atoms with Crippen molar-refractivity contribution < 1.29 is 9.53 Å². The van der Waals surface area contributed by atoms with Gasteiger partial charge < -0.3 is 15.4 Å². The molecule has 1 atom stereocenters. The first kappa shape index (κ1) is 15.4. The Morgan fingerprint density at radius 3 is 2.65 bits per heavy atom. The Balaban J connectivity index is 1.63. The molecule has 4 heteroatoms. The van der Waals surface area contributed by atoms with E-state index in [2.05, 4.69) is 10.6 Å². The number of hydrogen-bond donors (Lipinski definition) is 2. The molecule has 1 aliphatic rings. The number of rotatable bonds is 4. The molecule has 2 aromatic rings. The van der Waals surface area contributed by atoms with Gasteiger partial charge in [0.1, 0.15) is 5.75 Å². The molecular weight excluding hydrogens is 288 g/mol. The second-order valence-corrected chi connectivity index (χ2v) is 5.92. The summed E-state index contributed by atoms with van der Waals surface area (Å²) in [4.78, 5) is 12.3. The number of carbonyl (C=O) groups excluding carboxylic acids is 1. The van der Waals surface area contributed by atoms with Gasteiger partial charge >= 0.3 is 0 Å². The maximum Gasteiger partial charge on any atom is 0.239 e. The molecule has 0 saturated carbocycles. The molecule has 3 rings (SSSR count). The van der Waals surface area contributed by atoms with Gasteiger partial charge in [-0.1, -0.05) is 36.4 Å². The molecule has 0 radical (unpaired) electrons. The number of nitrogens with one attached hydrogen (secondary N) is 2. The normalized spacial score (nSPS) is 16.2. The number of anilines is 1. The molecule has 0 aromatic heterocycles. The fraction of sp³-hybridized carbons (Fsp3) is 0.316. The highest BCUT2D eigenvalue weighted by molar-refractivity contribution is 5.81. The summed E-state index contributed by atoms with van der Waals surface area (Å²) in [5, 5.41) is 6.35. The molecule has 1 unspecified atom stereocenters. The Kier molecular flexibility index (Phi) is 4.51. The molecule has 0 aliphatic carbocycles. The van der Waals surface area contributed by atoms with E-state index in [0.717, 1.165) is 34.5 Å². The van der Waals surface area contributed by atoms with E-state index in [-0.39, 0.29) is 18.5 Å². The van der Waals surface area contributed by atoms with Crippen LogP contribution in [0.2, 0.25) is 0 Å². The molecule has 0 fully saturated rings. The summed E-state index contributed by atoms with van der Waals surface area (Å²) in [6.07, 6.45) is 0.798. The minimum absolute atomic E-state index is 0.00523. The van der Waals surface area contributed by atoms with Gasteiger partial charge in [-0.05, 0) is 31.0 Å². The summed E-state index contributed by atoms with van der Waals surface area (Å²) in [5.41, 5.74) is 4.39. The van der Waals surface area contributed by atoms with Crippen LogP contribution in [-0.2, 0) is 4.79 Å². The van der Waals surface area contributed by atoms with Gasteiger partial charge in [0.2, 0.25) is 5.91 Å². The van der Waals surface area contributed by atoms with Crippen molar-refractivity contribution in [3.05, 3.63) is 59.2 Å². The summed E-state index contributed by atoms with van der Waals surface area (Å²) in [5.74, 6) is 0.862. The number of aryl methyl sites for hydroxylation is 2. The minimum atomic E-state index is -0.00523. The molecule has 0 spiro atoms. The number of hydrogen-bond acceptors (Lipinski definition) is 3. The first-order valence-corrected chi connectivity index (χ1v) is 7.96. The molecule has 0 saturated heterocycles. The van der Waals surface area contributed by atoms with Gasteiger partial charge in [-0.3, -0.25) is 4.79 Å². The zero-order valence-electron chi connectivity index (χ0n) is 13.6. The van der Waals surface area contributed by atoms with E-state index >= 15 is 0 Å². The second kappa shape index (κ2) is 6.73.